The van der Waals surface area contributed by atoms with Gasteiger partial charge in [0.2, 0.25) is 5.91 Å². The number of halogens is 1. The monoisotopic (exact) mass is 480 g/mol. The van der Waals surface area contributed by atoms with Crippen LogP contribution in [0.4, 0.5) is 14.9 Å². The van der Waals surface area contributed by atoms with Gasteiger partial charge in [0.15, 0.2) is 5.78 Å². The van der Waals surface area contributed by atoms with Crippen LogP contribution in [0.5, 0.6) is 0 Å². The van der Waals surface area contributed by atoms with Gasteiger partial charge >= 0.3 is 6.03 Å². The second kappa shape index (κ2) is 11.4. The Hall–Kier alpha value is -3.26. The van der Waals surface area contributed by atoms with E-state index >= 15 is 0 Å². The lowest BCUT2D eigenvalue weighted by molar-refractivity contribution is -0.138. The molecule has 186 valence electrons. The van der Waals surface area contributed by atoms with Crippen molar-refractivity contribution in [3.05, 3.63) is 65.5 Å². The Bertz CT molecular complexity index is 1060. The van der Waals surface area contributed by atoms with Crippen LogP contribution in [-0.4, -0.2) is 54.8 Å². The molecule has 0 spiro atoms. The number of hydrogen-bond acceptors (Lipinski definition) is 4. The molecular weight excluding hydrogens is 447 g/mol. The summed E-state index contributed by atoms with van der Waals surface area (Å²) in [4.78, 5) is 39.7. The van der Waals surface area contributed by atoms with Crippen LogP contribution in [0.25, 0.3) is 0 Å². The second-order valence-corrected chi connectivity index (χ2v) is 9.56. The molecular formula is C27H33FN4O3. The molecule has 0 radical (unpaired) electrons. The lowest BCUT2D eigenvalue weighted by Gasteiger charge is -2.39. The van der Waals surface area contributed by atoms with E-state index < -0.39 is 0 Å². The van der Waals surface area contributed by atoms with E-state index in [0.29, 0.717) is 43.2 Å². The fourth-order valence-corrected chi connectivity index (χ4v) is 5.06. The highest BCUT2D eigenvalue weighted by Gasteiger charge is 2.36. The maximum atomic E-state index is 13.5. The van der Waals surface area contributed by atoms with Gasteiger partial charge in [-0.3, -0.25) is 9.59 Å². The molecule has 35 heavy (non-hydrogen) atoms. The largest absolute Gasteiger partial charge is 0.342 e. The van der Waals surface area contributed by atoms with Gasteiger partial charge in [0.05, 0.1) is 5.92 Å². The molecule has 7 nitrogen and oxygen atoms in total. The number of hydrogen-bond donors (Lipinski definition) is 3. The highest BCUT2D eigenvalue weighted by Crippen LogP contribution is 2.24. The van der Waals surface area contributed by atoms with Crippen LogP contribution in [0.2, 0.25) is 0 Å². The van der Waals surface area contributed by atoms with Crippen LogP contribution >= 0.6 is 0 Å². The molecule has 2 heterocycles. The minimum Gasteiger partial charge on any atom is -0.342 e. The highest BCUT2D eigenvalue weighted by atomic mass is 19.1. The van der Waals surface area contributed by atoms with E-state index in [-0.39, 0.29) is 35.5 Å². The smallest absolute Gasteiger partial charge is 0.319 e. The lowest BCUT2D eigenvalue weighted by Crippen LogP contribution is -2.57. The Morgan fingerprint density at radius 1 is 1.11 bits per heavy atom. The topological polar surface area (TPSA) is 90.5 Å². The maximum Gasteiger partial charge on any atom is 0.319 e. The zero-order chi connectivity index (χ0) is 24.8. The number of anilines is 1. The summed E-state index contributed by atoms with van der Waals surface area (Å²) in [6.45, 7) is 4.11. The normalized spacial score (nSPS) is 22.3. The van der Waals surface area contributed by atoms with Crippen LogP contribution in [0.15, 0.2) is 48.5 Å². The van der Waals surface area contributed by atoms with Crippen molar-refractivity contribution in [1.82, 2.24) is 15.5 Å². The molecule has 2 aromatic rings. The second-order valence-electron chi connectivity index (χ2n) is 9.56. The van der Waals surface area contributed by atoms with E-state index in [1.807, 2.05) is 17.0 Å². The molecule has 2 fully saturated rings. The molecule has 2 saturated heterocycles. The Kier molecular flexibility index (Phi) is 8.13. The summed E-state index contributed by atoms with van der Waals surface area (Å²) in [6, 6.07) is 12.7. The third kappa shape index (κ3) is 6.66. The van der Waals surface area contributed by atoms with Gasteiger partial charge in [0.1, 0.15) is 5.82 Å². The van der Waals surface area contributed by atoms with Crippen molar-refractivity contribution in [3.63, 3.8) is 0 Å². The fraction of sp³-hybridized carbons (Fsp3) is 0.444. The third-order valence-corrected chi connectivity index (χ3v) is 6.91. The average Bonchev–Trinajstić information content (AvgIpc) is 2.85. The summed E-state index contributed by atoms with van der Waals surface area (Å²) in [5, 5.41) is 9.06. The predicted octanol–water partition coefficient (Wildman–Crippen LogP) is 3.61. The summed E-state index contributed by atoms with van der Waals surface area (Å²) in [7, 11) is 0. The van der Waals surface area contributed by atoms with Crippen molar-refractivity contribution in [2.24, 2.45) is 11.8 Å². The van der Waals surface area contributed by atoms with Crippen molar-refractivity contribution in [2.75, 3.05) is 31.5 Å². The van der Waals surface area contributed by atoms with E-state index in [0.717, 1.165) is 31.4 Å². The van der Waals surface area contributed by atoms with Gasteiger partial charge in [-0.1, -0.05) is 24.3 Å². The van der Waals surface area contributed by atoms with Crippen LogP contribution in [0.1, 0.15) is 42.1 Å². The molecule has 3 amide bonds. The van der Waals surface area contributed by atoms with Gasteiger partial charge in [-0.25, -0.2) is 9.18 Å². The summed E-state index contributed by atoms with van der Waals surface area (Å²) in [5.74, 6) is -0.268. The van der Waals surface area contributed by atoms with E-state index in [4.69, 9.17) is 0 Å². The number of amides is 3. The van der Waals surface area contributed by atoms with Crippen molar-refractivity contribution < 1.29 is 18.8 Å². The number of Topliss-reactive ketones (excluding diaryl/α,β-unsaturated/α-hetero) is 1. The molecule has 0 saturated carbocycles. The SMILES string of the molecule is CC(=O)c1cccc(NC(=O)N[C@@H]2CCNC[C@@H]2C(=O)N2CCCC(Cc3ccc(F)cc3)C2)c1. The molecule has 2 aliphatic rings. The number of urea groups is 1. The van der Waals surface area contributed by atoms with Crippen LogP contribution < -0.4 is 16.0 Å². The summed E-state index contributed by atoms with van der Waals surface area (Å²) < 4.78 is 13.2. The van der Waals surface area contributed by atoms with Gasteiger partial charge in [0.25, 0.3) is 0 Å². The van der Waals surface area contributed by atoms with Gasteiger partial charge in [-0.2, -0.15) is 0 Å². The molecule has 0 aliphatic carbocycles. The Morgan fingerprint density at radius 2 is 1.91 bits per heavy atom. The van der Waals surface area contributed by atoms with E-state index in [1.54, 1.807) is 24.3 Å². The number of carbonyl (C=O) groups excluding carboxylic acids is 3. The summed E-state index contributed by atoms with van der Waals surface area (Å²) in [6.07, 6.45) is 3.44. The van der Waals surface area contributed by atoms with Crippen molar-refractivity contribution in [3.8, 4) is 0 Å². The van der Waals surface area contributed by atoms with Gasteiger partial charge in [-0.05, 0) is 74.9 Å². The number of carbonyl (C=O) groups is 3. The molecule has 0 bridgehead atoms. The number of benzene rings is 2. The Labute approximate surface area is 205 Å². The highest BCUT2D eigenvalue weighted by molar-refractivity contribution is 5.96. The van der Waals surface area contributed by atoms with Crippen LogP contribution in [0, 0.1) is 17.7 Å². The molecule has 2 aliphatic heterocycles. The first kappa shape index (κ1) is 24.9. The minimum absolute atomic E-state index is 0.0601. The molecule has 3 atom stereocenters. The lowest BCUT2D eigenvalue weighted by atomic mass is 9.88. The number of piperidine rings is 2. The zero-order valence-electron chi connectivity index (χ0n) is 20.1. The van der Waals surface area contributed by atoms with Crippen molar-refractivity contribution >= 4 is 23.4 Å². The summed E-state index contributed by atoms with van der Waals surface area (Å²) >= 11 is 0. The number of rotatable bonds is 6. The standard InChI is InChI=1S/C27H33FN4O3/c1-18(33)21-5-2-6-23(15-21)30-27(35)31-25-11-12-29-16-24(25)26(34)32-13-3-4-20(17-32)14-19-7-9-22(28)10-8-19/h2,5-10,15,20,24-25,29H,3-4,11-14,16-17H2,1H3,(H2,30,31,35)/t20?,24-,25+/m0/s1. The molecule has 3 N–H and O–H groups in total. The minimum atomic E-state index is -0.386. The molecule has 4 rings (SSSR count). The molecule has 0 aromatic heterocycles. The van der Waals surface area contributed by atoms with E-state index in [9.17, 15) is 18.8 Å². The average molecular weight is 481 g/mol. The van der Waals surface area contributed by atoms with Crippen LogP contribution in [0.3, 0.4) is 0 Å². The first-order valence-electron chi connectivity index (χ1n) is 12.3. The number of nitrogens with zero attached hydrogens (tertiary/aromatic N) is 1. The van der Waals surface area contributed by atoms with Gasteiger partial charge in [0, 0.05) is 36.9 Å². The quantitative estimate of drug-likeness (QED) is 0.551. The number of likely N-dealkylation sites (tertiary alicyclic amines) is 1. The number of ketones is 1. The summed E-state index contributed by atoms with van der Waals surface area (Å²) in [5.41, 5.74) is 2.14. The van der Waals surface area contributed by atoms with E-state index in [2.05, 4.69) is 16.0 Å². The first-order valence-corrected chi connectivity index (χ1v) is 12.3. The van der Waals surface area contributed by atoms with E-state index in [1.165, 1.54) is 19.1 Å². The Balaban J connectivity index is 1.36. The predicted molar refractivity (Wildman–Crippen MR) is 133 cm³/mol. The first-order chi connectivity index (χ1) is 16.9. The molecule has 8 heteroatoms. The van der Waals surface area contributed by atoms with Crippen molar-refractivity contribution in [1.29, 1.82) is 0 Å². The zero-order valence-corrected chi connectivity index (χ0v) is 20.1. The molecule has 2 aromatic carbocycles. The van der Waals surface area contributed by atoms with Gasteiger partial charge in [-0.15, -0.1) is 0 Å². The van der Waals surface area contributed by atoms with Gasteiger partial charge < -0.3 is 20.9 Å². The Morgan fingerprint density at radius 3 is 2.69 bits per heavy atom. The van der Waals surface area contributed by atoms with Crippen LogP contribution in [-0.2, 0) is 11.2 Å². The number of nitrogens with one attached hydrogen (secondary N) is 3. The fourth-order valence-electron chi connectivity index (χ4n) is 5.06. The maximum absolute atomic E-state index is 13.5. The third-order valence-electron chi connectivity index (χ3n) is 6.91. The van der Waals surface area contributed by atoms with Crippen molar-refractivity contribution in [2.45, 2.75) is 38.6 Å². The molecule has 1 unspecified atom stereocenters.